The highest BCUT2D eigenvalue weighted by atomic mass is 16.5. The molecule has 0 amide bonds. The number of carbonyl (C=O) groups is 2. The molecule has 0 unspecified atom stereocenters. The molecule has 0 N–H and O–H groups in total. The van der Waals surface area contributed by atoms with Gasteiger partial charge in [0.25, 0.3) is 5.78 Å². The second-order valence-electron chi connectivity index (χ2n) is 4.10. The van der Waals surface area contributed by atoms with E-state index in [2.05, 4.69) is 0 Å². The molecular weight excluding hydrogens is 228 g/mol. The van der Waals surface area contributed by atoms with Gasteiger partial charge in [0.1, 0.15) is 5.75 Å². The average molecular weight is 238 g/mol. The Balaban J connectivity index is 2.12. The van der Waals surface area contributed by atoms with Gasteiger partial charge in [-0.3, -0.25) is 9.59 Å². The summed E-state index contributed by atoms with van der Waals surface area (Å²) in [5, 5.41) is 0. The number of rotatable bonds is 0. The van der Waals surface area contributed by atoms with E-state index in [1.54, 1.807) is 30.3 Å². The lowest BCUT2D eigenvalue weighted by molar-refractivity contribution is -0.114. The van der Waals surface area contributed by atoms with Crippen LogP contribution in [0.2, 0.25) is 0 Å². The summed E-state index contributed by atoms with van der Waals surface area (Å²) >= 11 is 0. The van der Waals surface area contributed by atoms with Crippen LogP contribution in [-0.2, 0) is 4.79 Å². The van der Waals surface area contributed by atoms with Crippen LogP contribution in [0.1, 0.15) is 16.8 Å². The molecule has 3 nitrogen and oxygen atoms in total. The third-order valence-electron chi connectivity index (χ3n) is 2.93. The van der Waals surface area contributed by atoms with E-state index in [4.69, 9.17) is 4.74 Å². The number of ketones is 2. The molecule has 1 aromatic rings. The Hall–Kier alpha value is -2.42. The predicted octanol–water partition coefficient (Wildman–Crippen LogP) is 2.60. The van der Waals surface area contributed by atoms with E-state index in [1.165, 1.54) is 0 Å². The first-order valence-electron chi connectivity index (χ1n) is 5.69. The van der Waals surface area contributed by atoms with Crippen LogP contribution in [0.5, 0.6) is 5.75 Å². The van der Waals surface area contributed by atoms with Crippen molar-refractivity contribution in [3.05, 3.63) is 65.5 Å². The minimum atomic E-state index is -0.566. The molecule has 0 bridgehead atoms. The van der Waals surface area contributed by atoms with Gasteiger partial charge in [-0.25, -0.2) is 0 Å². The van der Waals surface area contributed by atoms with Gasteiger partial charge < -0.3 is 4.74 Å². The first-order valence-corrected chi connectivity index (χ1v) is 5.69. The van der Waals surface area contributed by atoms with Gasteiger partial charge in [-0.2, -0.15) is 0 Å². The minimum Gasteiger partial charge on any atom is -0.452 e. The highest BCUT2D eigenvalue weighted by Gasteiger charge is 2.32. The number of carbonyl (C=O) groups excluding carboxylic acids is 2. The standard InChI is InChI=1S/C15H10O3/c16-13-11-8-4-5-9-12(11)18-15(14(13)17)10-6-2-1-3-7-10/h1-6,8-9H,7H2. The van der Waals surface area contributed by atoms with E-state index in [0.29, 0.717) is 17.7 Å². The maximum Gasteiger partial charge on any atom is 0.269 e. The molecule has 0 saturated carbocycles. The second kappa shape index (κ2) is 4.11. The molecule has 3 heteroatoms. The molecule has 2 aliphatic rings. The van der Waals surface area contributed by atoms with Crippen LogP contribution in [0, 0.1) is 0 Å². The first-order chi connectivity index (χ1) is 8.77. The van der Waals surface area contributed by atoms with E-state index in [0.717, 1.165) is 5.57 Å². The summed E-state index contributed by atoms with van der Waals surface area (Å²) in [6.45, 7) is 0. The van der Waals surface area contributed by atoms with Crippen LogP contribution in [0.4, 0.5) is 0 Å². The Kier molecular flexibility index (Phi) is 2.45. The fourth-order valence-corrected chi connectivity index (χ4v) is 2.02. The van der Waals surface area contributed by atoms with Crippen molar-refractivity contribution in [2.75, 3.05) is 0 Å². The van der Waals surface area contributed by atoms with Crippen molar-refractivity contribution >= 4 is 11.6 Å². The average Bonchev–Trinajstić information content (AvgIpc) is 2.44. The van der Waals surface area contributed by atoms with Crippen LogP contribution in [0.15, 0.2) is 59.9 Å². The maximum atomic E-state index is 12.0. The van der Waals surface area contributed by atoms with Gasteiger partial charge in [-0.05, 0) is 18.6 Å². The van der Waals surface area contributed by atoms with Crippen molar-refractivity contribution < 1.29 is 14.3 Å². The first kappa shape index (κ1) is 10.7. The van der Waals surface area contributed by atoms with Gasteiger partial charge in [-0.1, -0.05) is 36.4 Å². The number of para-hydroxylation sites is 1. The van der Waals surface area contributed by atoms with Gasteiger partial charge >= 0.3 is 0 Å². The lowest BCUT2D eigenvalue weighted by atomic mass is 9.97. The Labute approximate surface area is 104 Å². The van der Waals surface area contributed by atoms with Crippen LogP contribution < -0.4 is 4.74 Å². The normalized spacial score (nSPS) is 21.8. The molecule has 0 aromatic heterocycles. The molecule has 1 heterocycles. The minimum absolute atomic E-state index is 0.152. The van der Waals surface area contributed by atoms with Crippen LogP contribution in [-0.4, -0.2) is 11.6 Å². The number of benzene rings is 1. The van der Waals surface area contributed by atoms with Crippen molar-refractivity contribution in [1.82, 2.24) is 0 Å². The predicted molar refractivity (Wildman–Crippen MR) is 66.3 cm³/mol. The van der Waals surface area contributed by atoms with Gasteiger partial charge in [0.05, 0.1) is 5.56 Å². The van der Waals surface area contributed by atoms with Crippen LogP contribution in [0.3, 0.4) is 0 Å². The molecule has 18 heavy (non-hydrogen) atoms. The van der Waals surface area contributed by atoms with Gasteiger partial charge in [0, 0.05) is 5.57 Å². The molecule has 1 aliphatic heterocycles. The highest BCUT2D eigenvalue weighted by molar-refractivity contribution is 6.50. The number of fused-ring (bicyclic) bond motifs is 1. The molecule has 0 fully saturated rings. The molecule has 3 rings (SSSR count). The van der Waals surface area contributed by atoms with Crippen molar-refractivity contribution in [2.45, 2.75) is 6.42 Å². The van der Waals surface area contributed by atoms with Gasteiger partial charge in [0.2, 0.25) is 5.78 Å². The van der Waals surface area contributed by atoms with E-state index in [-0.39, 0.29) is 5.76 Å². The molecule has 0 saturated heterocycles. The third-order valence-corrected chi connectivity index (χ3v) is 2.93. The van der Waals surface area contributed by atoms with Crippen LogP contribution in [0.25, 0.3) is 0 Å². The monoisotopic (exact) mass is 238 g/mol. The lowest BCUT2D eigenvalue weighted by Gasteiger charge is -2.19. The third kappa shape index (κ3) is 1.61. The zero-order valence-electron chi connectivity index (χ0n) is 9.55. The smallest absolute Gasteiger partial charge is 0.269 e. The Morgan fingerprint density at radius 3 is 2.61 bits per heavy atom. The molecule has 88 valence electrons. The molecule has 0 radical (unpaired) electrons. The summed E-state index contributed by atoms with van der Waals surface area (Å²) in [5.74, 6) is -0.460. The summed E-state index contributed by atoms with van der Waals surface area (Å²) in [6.07, 6.45) is 8.05. The number of Topliss-reactive ketones (excluding diaryl/α,β-unsaturated/α-hetero) is 2. The Morgan fingerprint density at radius 1 is 1.00 bits per heavy atom. The number of allylic oxidation sites excluding steroid dienone is 6. The van der Waals surface area contributed by atoms with E-state index in [9.17, 15) is 9.59 Å². The fourth-order valence-electron chi connectivity index (χ4n) is 2.02. The van der Waals surface area contributed by atoms with Gasteiger partial charge in [-0.15, -0.1) is 0 Å². The molecule has 1 aliphatic carbocycles. The number of hydrogen-bond acceptors (Lipinski definition) is 3. The summed E-state index contributed by atoms with van der Waals surface area (Å²) in [4.78, 5) is 24.0. The SMILES string of the molecule is O=C1C(=O)c2ccccc2OC1=C1C=CC=CC1. The van der Waals surface area contributed by atoms with Crippen LogP contribution >= 0.6 is 0 Å². The molecule has 1 aromatic carbocycles. The summed E-state index contributed by atoms with van der Waals surface area (Å²) in [7, 11) is 0. The zero-order chi connectivity index (χ0) is 12.5. The fraction of sp³-hybridized carbons (Fsp3) is 0.0667. The van der Waals surface area contributed by atoms with E-state index in [1.807, 2.05) is 18.2 Å². The maximum absolute atomic E-state index is 12.0. The molecule has 0 spiro atoms. The summed E-state index contributed by atoms with van der Waals surface area (Å²) < 4.78 is 5.58. The highest BCUT2D eigenvalue weighted by Crippen LogP contribution is 2.30. The number of hydrogen-bond donors (Lipinski definition) is 0. The second-order valence-corrected chi connectivity index (χ2v) is 4.10. The zero-order valence-corrected chi connectivity index (χ0v) is 9.55. The van der Waals surface area contributed by atoms with Crippen molar-refractivity contribution in [3.8, 4) is 5.75 Å². The van der Waals surface area contributed by atoms with Crippen molar-refractivity contribution in [1.29, 1.82) is 0 Å². The summed E-state index contributed by atoms with van der Waals surface area (Å²) in [5.41, 5.74) is 1.08. The van der Waals surface area contributed by atoms with Crippen molar-refractivity contribution in [3.63, 3.8) is 0 Å². The molecule has 0 atom stereocenters. The summed E-state index contributed by atoms with van der Waals surface area (Å²) in [6, 6.07) is 6.80. The largest absolute Gasteiger partial charge is 0.452 e. The quantitative estimate of drug-likeness (QED) is 0.515. The van der Waals surface area contributed by atoms with E-state index >= 15 is 0 Å². The molecular formula is C15H10O3. The lowest BCUT2D eigenvalue weighted by Crippen LogP contribution is -2.27. The topological polar surface area (TPSA) is 43.4 Å². The Morgan fingerprint density at radius 2 is 1.83 bits per heavy atom. The number of ether oxygens (including phenoxy) is 1. The van der Waals surface area contributed by atoms with Gasteiger partial charge in [0.15, 0.2) is 5.76 Å². The van der Waals surface area contributed by atoms with E-state index < -0.39 is 11.6 Å². The Bertz CT molecular complexity index is 633. The van der Waals surface area contributed by atoms with Crippen molar-refractivity contribution in [2.24, 2.45) is 0 Å².